The molecule has 3 aromatic rings. The van der Waals surface area contributed by atoms with Crippen LogP contribution in [0.3, 0.4) is 0 Å². The van der Waals surface area contributed by atoms with E-state index in [1.807, 2.05) is 38.1 Å². The summed E-state index contributed by atoms with van der Waals surface area (Å²) in [6.07, 6.45) is 2.54. The quantitative estimate of drug-likeness (QED) is 0.609. The standard InChI is InChI=1S/C22H25N3O2S2/c1-16-10-11-20(13-17(16)2)29(26,27)25-12-6-9-19(15-25)22-24-23-21(28-22)14-18-7-4-3-5-8-18/h3-5,7-8,10-11,13,19H,6,9,12,14-15H2,1-2H3. The van der Waals surface area contributed by atoms with Gasteiger partial charge in [0.15, 0.2) is 0 Å². The van der Waals surface area contributed by atoms with Gasteiger partial charge in [-0.15, -0.1) is 21.5 Å². The lowest BCUT2D eigenvalue weighted by molar-refractivity contribution is 0.314. The highest BCUT2D eigenvalue weighted by Gasteiger charge is 2.32. The molecule has 1 fully saturated rings. The highest BCUT2D eigenvalue weighted by atomic mass is 32.2. The van der Waals surface area contributed by atoms with Crippen LogP contribution in [-0.2, 0) is 16.4 Å². The lowest BCUT2D eigenvalue weighted by Gasteiger charge is -2.30. The zero-order chi connectivity index (χ0) is 20.4. The molecule has 1 aliphatic rings. The minimum Gasteiger partial charge on any atom is -0.207 e. The summed E-state index contributed by atoms with van der Waals surface area (Å²) < 4.78 is 27.9. The molecule has 4 rings (SSSR count). The molecule has 0 N–H and O–H groups in total. The SMILES string of the molecule is Cc1ccc(S(=O)(=O)N2CCCC(c3nnc(Cc4ccccc4)s3)C2)cc1C. The first-order chi connectivity index (χ1) is 13.9. The Labute approximate surface area is 176 Å². The van der Waals surface area contributed by atoms with Crippen molar-refractivity contribution >= 4 is 21.4 Å². The van der Waals surface area contributed by atoms with Gasteiger partial charge in [-0.1, -0.05) is 36.4 Å². The van der Waals surface area contributed by atoms with Crippen LogP contribution >= 0.6 is 11.3 Å². The van der Waals surface area contributed by atoms with Crippen molar-refractivity contribution in [1.82, 2.24) is 14.5 Å². The predicted octanol–water partition coefficient (Wildman–Crippen LogP) is 4.31. The first-order valence-electron chi connectivity index (χ1n) is 9.87. The minimum absolute atomic E-state index is 0.104. The molecule has 1 aromatic heterocycles. The average Bonchev–Trinajstić information content (AvgIpc) is 3.19. The van der Waals surface area contributed by atoms with E-state index < -0.39 is 10.0 Å². The number of rotatable bonds is 5. The molecule has 0 amide bonds. The lowest BCUT2D eigenvalue weighted by atomic mass is 10.0. The van der Waals surface area contributed by atoms with Crippen molar-refractivity contribution in [3.63, 3.8) is 0 Å². The Morgan fingerprint density at radius 2 is 1.86 bits per heavy atom. The molecule has 29 heavy (non-hydrogen) atoms. The highest BCUT2D eigenvalue weighted by molar-refractivity contribution is 7.89. The van der Waals surface area contributed by atoms with Gasteiger partial charge < -0.3 is 0 Å². The van der Waals surface area contributed by atoms with E-state index in [-0.39, 0.29) is 5.92 Å². The van der Waals surface area contributed by atoms with E-state index >= 15 is 0 Å². The summed E-state index contributed by atoms with van der Waals surface area (Å²) >= 11 is 1.60. The zero-order valence-corrected chi connectivity index (χ0v) is 18.3. The maximum absolute atomic E-state index is 13.2. The molecule has 0 bridgehead atoms. The Morgan fingerprint density at radius 3 is 2.62 bits per heavy atom. The van der Waals surface area contributed by atoms with Crippen LogP contribution < -0.4 is 0 Å². The molecule has 152 valence electrons. The number of piperidine rings is 1. The van der Waals surface area contributed by atoms with Crippen LogP contribution in [0.1, 0.15) is 45.5 Å². The second-order valence-electron chi connectivity index (χ2n) is 7.64. The summed E-state index contributed by atoms with van der Waals surface area (Å²) in [6.45, 7) is 4.96. The summed E-state index contributed by atoms with van der Waals surface area (Å²) in [5.41, 5.74) is 3.30. The van der Waals surface area contributed by atoms with Crippen molar-refractivity contribution in [3.8, 4) is 0 Å². The molecule has 2 heterocycles. The summed E-state index contributed by atoms with van der Waals surface area (Å²) in [7, 11) is -3.49. The van der Waals surface area contributed by atoms with E-state index in [0.717, 1.165) is 40.4 Å². The molecule has 0 saturated carbocycles. The van der Waals surface area contributed by atoms with E-state index in [4.69, 9.17) is 0 Å². The molecule has 1 atom stereocenters. The van der Waals surface area contributed by atoms with Gasteiger partial charge in [0.2, 0.25) is 10.0 Å². The summed E-state index contributed by atoms with van der Waals surface area (Å²) in [6, 6.07) is 15.6. The fourth-order valence-electron chi connectivity index (χ4n) is 3.66. The molecular formula is C22H25N3O2S2. The second kappa shape index (κ2) is 8.34. The Balaban J connectivity index is 1.50. The van der Waals surface area contributed by atoms with Gasteiger partial charge in [-0.25, -0.2) is 8.42 Å². The van der Waals surface area contributed by atoms with Gasteiger partial charge in [0, 0.05) is 25.4 Å². The molecule has 5 nitrogen and oxygen atoms in total. The average molecular weight is 428 g/mol. The van der Waals surface area contributed by atoms with Gasteiger partial charge in [0.05, 0.1) is 4.90 Å². The van der Waals surface area contributed by atoms with Gasteiger partial charge >= 0.3 is 0 Å². The molecule has 7 heteroatoms. The van der Waals surface area contributed by atoms with Gasteiger partial charge in [-0.05, 0) is 55.5 Å². The zero-order valence-electron chi connectivity index (χ0n) is 16.7. The molecule has 0 aliphatic carbocycles. The van der Waals surface area contributed by atoms with Gasteiger partial charge in [0.25, 0.3) is 0 Å². The fourth-order valence-corrected chi connectivity index (χ4v) is 6.27. The van der Waals surface area contributed by atoms with E-state index in [9.17, 15) is 8.42 Å². The fraction of sp³-hybridized carbons (Fsp3) is 0.364. The Bertz CT molecular complexity index is 1090. The van der Waals surface area contributed by atoms with E-state index in [2.05, 4.69) is 22.3 Å². The van der Waals surface area contributed by atoms with Crippen LogP contribution in [-0.4, -0.2) is 36.0 Å². The van der Waals surface area contributed by atoms with E-state index in [1.54, 1.807) is 27.8 Å². The maximum atomic E-state index is 13.2. The lowest BCUT2D eigenvalue weighted by Crippen LogP contribution is -2.39. The number of hydrogen-bond acceptors (Lipinski definition) is 5. The number of hydrogen-bond donors (Lipinski definition) is 0. The van der Waals surface area contributed by atoms with Crippen molar-refractivity contribution in [2.75, 3.05) is 13.1 Å². The first-order valence-corrected chi connectivity index (χ1v) is 12.1. The van der Waals surface area contributed by atoms with Gasteiger partial charge in [-0.3, -0.25) is 0 Å². The van der Waals surface area contributed by atoms with Crippen LogP contribution in [0.15, 0.2) is 53.4 Å². The smallest absolute Gasteiger partial charge is 0.207 e. The number of nitrogens with zero attached hydrogens (tertiary/aromatic N) is 3. The van der Waals surface area contributed by atoms with Gasteiger partial charge in [0.1, 0.15) is 10.0 Å². The molecule has 1 aliphatic heterocycles. The molecule has 1 saturated heterocycles. The van der Waals surface area contributed by atoms with Gasteiger partial charge in [-0.2, -0.15) is 4.31 Å². The van der Waals surface area contributed by atoms with Crippen LogP contribution in [0.5, 0.6) is 0 Å². The topological polar surface area (TPSA) is 63.2 Å². The van der Waals surface area contributed by atoms with Crippen molar-refractivity contribution in [2.24, 2.45) is 0 Å². The number of benzene rings is 2. The Hall–Kier alpha value is -2.09. The first kappa shape index (κ1) is 20.2. The third-order valence-corrected chi connectivity index (χ3v) is 8.48. The molecule has 1 unspecified atom stereocenters. The maximum Gasteiger partial charge on any atom is 0.243 e. The van der Waals surface area contributed by atoms with Crippen molar-refractivity contribution in [3.05, 3.63) is 75.2 Å². The molecular weight excluding hydrogens is 402 g/mol. The highest BCUT2D eigenvalue weighted by Crippen LogP contribution is 2.32. The van der Waals surface area contributed by atoms with Crippen LogP contribution in [0.4, 0.5) is 0 Å². The third-order valence-electron chi connectivity index (χ3n) is 5.53. The van der Waals surface area contributed by atoms with Crippen LogP contribution in [0.2, 0.25) is 0 Å². The molecule has 0 radical (unpaired) electrons. The van der Waals surface area contributed by atoms with E-state index in [1.165, 1.54) is 5.56 Å². The minimum atomic E-state index is -3.49. The Morgan fingerprint density at radius 1 is 1.07 bits per heavy atom. The van der Waals surface area contributed by atoms with Crippen molar-refractivity contribution < 1.29 is 8.42 Å². The normalized spacial score (nSPS) is 18.1. The van der Waals surface area contributed by atoms with Crippen molar-refractivity contribution in [2.45, 2.75) is 43.9 Å². The number of aromatic nitrogens is 2. The van der Waals surface area contributed by atoms with E-state index in [0.29, 0.717) is 18.0 Å². The number of aryl methyl sites for hydroxylation is 2. The molecule has 2 aromatic carbocycles. The predicted molar refractivity (Wildman–Crippen MR) is 116 cm³/mol. The summed E-state index contributed by atoms with van der Waals surface area (Å²) in [4.78, 5) is 0.378. The summed E-state index contributed by atoms with van der Waals surface area (Å²) in [5, 5.41) is 10.7. The van der Waals surface area contributed by atoms with Crippen LogP contribution in [0.25, 0.3) is 0 Å². The Kier molecular flexibility index (Phi) is 5.81. The van der Waals surface area contributed by atoms with Crippen molar-refractivity contribution in [1.29, 1.82) is 0 Å². The molecule has 0 spiro atoms. The monoisotopic (exact) mass is 427 g/mol. The largest absolute Gasteiger partial charge is 0.243 e. The third kappa shape index (κ3) is 4.42. The number of sulfonamides is 1. The second-order valence-corrected chi connectivity index (χ2v) is 10.7. The summed E-state index contributed by atoms with van der Waals surface area (Å²) in [5.74, 6) is 0.104. The van der Waals surface area contributed by atoms with Crippen LogP contribution in [0, 0.1) is 13.8 Å².